The first-order valence-electron chi connectivity index (χ1n) is 5.80. The lowest BCUT2D eigenvalue weighted by atomic mass is 9.95. The summed E-state index contributed by atoms with van der Waals surface area (Å²) in [6.45, 7) is 2.27. The number of aliphatic hydroxyl groups excluding tert-OH is 1. The molecule has 0 bridgehead atoms. The molecule has 1 heterocycles. The third-order valence-corrected chi connectivity index (χ3v) is 3.48. The minimum absolute atomic E-state index is 0.181. The largest absolute Gasteiger partial charge is 0.392 e. The first-order valence-corrected chi connectivity index (χ1v) is 5.80. The maximum absolute atomic E-state index is 10.1. The van der Waals surface area contributed by atoms with Crippen LogP contribution in [0.2, 0.25) is 0 Å². The van der Waals surface area contributed by atoms with Gasteiger partial charge >= 0.3 is 0 Å². The topological polar surface area (TPSA) is 38.1 Å². The molecule has 1 aromatic rings. The van der Waals surface area contributed by atoms with Gasteiger partial charge in [-0.1, -0.05) is 13.3 Å². The van der Waals surface area contributed by atoms with E-state index in [1.165, 1.54) is 19.3 Å². The van der Waals surface area contributed by atoms with Crippen molar-refractivity contribution in [2.45, 2.75) is 38.7 Å². The summed E-state index contributed by atoms with van der Waals surface area (Å²) in [5.41, 5.74) is 1.14. The number of aromatic nitrogens is 2. The van der Waals surface area contributed by atoms with E-state index in [0.717, 1.165) is 17.9 Å². The molecule has 2 rings (SSSR count). The highest BCUT2D eigenvalue weighted by Gasteiger charge is 2.27. The van der Waals surface area contributed by atoms with Crippen molar-refractivity contribution in [3.63, 3.8) is 0 Å². The smallest absolute Gasteiger partial charge is 0.0609 e. The van der Waals surface area contributed by atoms with E-state index in [9.17, 15) is 5.11 Å². The molecule has 84 valence electrons. The van der Waals surface area contributed by atoms with E-state index in [-0.39, 0.29) is 6.10 Å². The van der Waals surface area contributed by atoms with Crippen LogP contribution < -0.4 is 0 Å². The Morgan fingerprint density at radius 3 is 2.93 bits per heavy atom. The van der Waals surface area contributed by atoms with Gasteiger partial charge in [-0.2, -0.15) is 5.10 Å². The molecule has 3 nitrogen and oxygen atoms in total. The molecule has 0 saturated heterocycles. The second kappa shape index (κ2) is 4.35. The van der Waals surface area contributed by atoms with Gasteiger partial charge in [0.2, 0.25) is 0 Å². The quantitative estimate of drug-likeness (QED) is 0.822. The van der Waals surface area contributed by atoms with Crippen LogP contribution in [0.25, 0.3) is 0 Å². The van der Waals surface area contributed by atoms with Crippen LogP contribution in [-0.2, 0) is 13.5 Å². The van der Waals surface area contributed by atoms with Crippen molar-refractivity contribution in [2.75, 3.05) is 0 Å². The van der Waals surface area contributed by atoms with Gasteiger partial charge in [-0.3, -0.25) is 4.68 Å². The summed E-state index contributed by atoms with van der Waals surface area (Å²) in [7, 11) is 1.91. The molecular weight excluding hydrogens is 188 g/mol. The zero-order chi connectivity index (χ0) is 10.8. The van der Waals surface area contributed by atoms with Crippen molar-refractivity contribution in [3.05, 3.63) is 18.0 Å². The molecule has 0 amide bonds. The minimum atomic E-state index is -0.181. The molecular formula is C12H20N2O. The number of hydrogen-bond donors (Lipinski definition) is 1. The predicted octanol–water partition coefficient (Wildman–Crippen LogP) is 1.76. The average molecular weight is 208 g/mol. The summed E-state index contributed by atoms with van der Waals surface area (Å²) in [5.74, 6) is 1.29. The Bertz CT molecular complexity index is 321. The number of nitrogens with zero attached hydrogens (tertiary/aromatic N) is 2. The molecule has 1 saturated carbocycles. The van der Waals surface area contributed by atoms with Crippen molar-refractivity contribution >= 4 is 0 Å². The zero-order valence-electron chi connectivity index (χ0n) is 9.56. The predicted molar refractivity (Wildman–Crippen MR) is 59.4 cm³/mol. The lowest BCUT2D eigenvalue weighted by Gasteiger charge is -2.16. The third kappa shape index (κ3) is 2.59. The first-order chi connectivity index (χ1) is 7.15. The number of rotatable bonds is 3. The van der Waals surface area contributed by atoms with Gasteiger partial charge in [-0.15, -0.1) is 0 Å². The van der Waals surface area contributed by atoms with Gasteiger partial charge < -0.3 is 5.11 Å². The van der Waals surface area contributed by atoms with Crippen LogP contribution in [-0.4, -0.2) is 21.0 Å². The normalized spacial score (nSPS) is 28.2. The molecule has 1 aromatic heterocycles. The second-order valence-corrected chi connectivity index (χ2v) is 4.97. The van der Waals surface area contributed by atoms with Gasteiger partial charge in [-0.05, 0) is 30.2 Å². The van der Waals surface area contributed by atoms with E-state index >= 15 is 0 Å². The lowest BCUT2D eigenvalue weighted by Crippen LogP contribution is -2.20. The molecule has 0 aliphatic heterocycles. The maximum Gasteiger partial charge on any atom is 0.0609 e. The molecule has 0 aromatic carbocycles. The molecule has 1 aliphatic rings. The summed E-state index contributed by atoms with van der Waals surface area (Å²) in [4.78, 5) is 0. The van der Waals surface area contributed by atoms with Gasteiger partial charge in [0.1, 0.15) is 0 Å². The Hall–Kier alpha value is -0.830. The van der Waals surface area contributed by atoms with Crippen molar-refractivity contribution in [1.82, 2.24) is 9.78 Å². The van der Waals surface area contributed by atoms with Crippen LogP contribution in [0.3, 0.4) is 0 Å². The molecule has 0 spiro atoms. The van der Waals surface area contributed by atoms with Gasteiger partial charge in [-0.25, -0.2) is 0 Å². The summed E-state index contributed by atoms with van der Waals surface area (Å²) < 4.78 is 1.79. The lowest BCUT2D eigenvalue weighted by molar-refractivity contribution is 0.109. The molecule has 3 unspecified atom stereocenters. The Morgan fingerprint density at radius 2 is 2.40 bits per heavy atom. The standard InChI is InChI=1S/C12H20N2O/c1-9-3-4-11(5-9)12(15)6-10-7-13-14(2)8-10/h7-9,11-12,15H,3-6H2,1-2H3. The van der Waals surface area contributed by atoms with E-state index in [2.05, 4.69) is 12.0 Å². The van der Waals surface area contributed by atoms with Crippen molar-refractivity contribution in [3.8, 4) is 0 Å². The van der Waals surface area contributed by atoms with Crippen LogP contribution in [0.15, 0.2) is 12.4 Å². The van der Waals surface area contributed by atoms with Crippen molar-refractivity contribution < 1.29 is 5.11 Å². The molecule has 1 fully saturated rings. The average Bonchev–Trinajstić information content (AvgIpc) is 2.75. The number of hydrogen-bond acceptors (Lipinski definition) is 2. The zero-order valence-corrected chi connectivity index (χ0v) is 9.56. The summed E-state index contributed by atoms with van der Waals surface area (Å²) >= 11 is 0. The van der Waals surface area contributed by atoms with E-state index in [4.69, 9.17) is 0 Å². The summed E-state index contributed by atoms with van der Waals surface area (Å²) in [6, 6.07) is 0. The number of aliphatic hydroxyl groups is 1. The summed E-state index contributed by atoms with van der Waals surface area (Å²) in [5, 5.41) is 14.2. The van der Waals surface area contributed by atoms with Crippen LogP contribution in [0.4, 0.5) is 0 Å². The molecule has 1 N–H and O–H groups in total. The van der Waals surface area contributed by atoms with Crippen LogP contribution in [0.1, 0.15) is 31.7 Å². The Kier molecular flexibility index (Phi) is 3.10. The van der Waals surface area contributed by atoms with Crippen LogP contribution >= 0.6 is 0 Å². The fourth-order valence-electron chi connectivity index (χ4n) is 2.59. The van der Waals surface area contributed by atoms with Crippen LogP contribution in [0.5, 0.6) is 0 Å². The van der Waals surface area contributed by atoms with E-state index in [1.807, 2.05) is 19.4 Å². The Balaban J connectivity index is 1.89. The van der Waals surface area contributed by atoms with Gasteiger partial charge in [0.05, 0.1) is 12.3 Å². The maximum atomic E-state index is 10.1. The van der Waals surface area contributed by atoms with Gasteiger partial charge in [0, 0.05) is 19.7 Å². The minimum Gasteiger partial charge on any atom is -0.392 e. The molecule has 1 aliphatic carbocycles. The molecule has 3 atom stereocenters. The van der Waals surface area contributed by atoms with Gasteiger partial charge in [0.25, 0.3) is 0 Å². The highest BCUT2D eigenvalue weighted by Crippen LogP contribution is 2.33. The highest BCUT2D eigenvalue weighted by atomic mass is 16.3. The molecule has 0 radical (unpaired) electrons. The van der Waals surface area contributed by atoms with E-state index in [0.29, 0.717) is 5.92 Å². The van der Waals surface area contributed by atoms with Crippen molar-refractivity contribution in [1.29, 1.82) is 0 Å². The first kappa shape index (κ1) is 10.7. The fraction of sp³-hybridized carbons (Fsp3) is 0.750. The van der Waals surface area contributed by atoms with Gasteiger partial charge in [0.15, 0.2) is 0 Å². The highest BCUT2D eigenvalue weighted by molar-refractivity contribution is 5.05. The molecule has 3 heteroatoms. The fourth-order valence-corrected chi connectivity index (χ4v) is 2.59. The van der Waals surface area contributed by atoms with E-state index < -0.39 is 0 Å². The SMILES string of the molecule is CC1CCC(C(O)Cc2cnn(C)c2)C1. The molecule has 15 heavy (non-hydrogen) atoms. The third-order valence-electron chi connectivity index (χ3n) is 3.48. The second-order valence-electron chi connectivity index (χ2n) is 4.97. The number of aryl methyl sites for hydroxylation is 1. The summed E-state index contributed by atoms with van der Waals surface area (Å²) in [6.07, 6.45) is 8.05. The monoisotopic (exact) mass is 208 g/mol. The Labute approximate surface area is 91.1 Å². The van der Waals surface area contributed by atoms with Crippen LogP contribution in [0, 0.1) is 11.8 Å². The Morgan fingerprint density at radius 1 is 1.60 bits per heavy atom. The van der Waals surface area contributed by atoms with Crippen molar-refractivity contribution in [2.24, 2.45) is 18.9 Å². The van der Waals surface area contributed by atoms with E-state index in [1.54, 1.807) is 4.68 Å².